The number of alkyl halides is 2. The lowest BCUT2D eigenvalue weighted by Crippen LogP contribution is -2.25. The van der Waals surface area contributed by atoms with Crippen LogP contribution in [0, 0.1) is 0 Å². The van der Waals surface area contributed by atoms with Crippen LogP contribution >= 0.6 is 0 Å². The maximum absolute atomic E-state index is 16.1. The molecule has 2 aliphatic rings. The third-order valence-corrected chi connectivity index (χ3v) is 9.46. The second-order valence-corrected chi connectivity index (χ2v) is 12.7. The van der Waals surface area contributed by atoms with Gasteiger partial charge in [0.25, 0.3) is 5.92 Å². The van der Waals surface area contributed by atoms with Gasteiger partial charge in [-0.15, -0.1) is 0 Å². The molecule has 4 nitrogen and oxygen atoms in total. The third kappa shape index (κ3) is 5.61. The second-order valence-electron chi connectivity index (χ2n) is 12.7. The van der Waals surface area contributed by atoms with Crippen molar-refractivity contribution in [3.8, 4) is 45.0 Å². The molecule has 1 N–H and O–H groups in total. The molecule has 1 aromatic heterocycles. The fourth-order valence-electron chi connectivity index (χ4n) is 6.89. The van der Waals surface area contributed by atoms with Gasteiger partial charge in [-0.2, -0.15) is 8.78 Å². The zero-order chi connectivity index (χ0) is 34.4. The van der Waals surface area contributed by atoms with E-state index < -0.39 is 12.1 Å². The van der Waals surface area contributed by atoms with Crippen molar-refractivity contribution in [1.82, 2.24) is 15.3 Å². The van der Waals surface area contributed by atoms with E-state index in [0.29, 0.717) is 22.5 Å². The van der Waals surface area contributed by atoms with E-state index in [1.54, 1.807) is 24.3 Å². The highest BCUT2D eigenvalue weighted by Gasteiger charge is 2.44. The molecule has 0 spiro atoms. The Morgan fingerprint density at radius 2 is 1.00 bits per heavy atom. The van der Waals surface area contributed by atoms with Crippen LogP contribution in [0.4, 0.5) is 8.78 Å². The summed E-state index contributed by atoms with van der Waals surface area (Å²) in [6.45, 7) is 0. The molecule has 6 aromatic carbocycles. The van der Waals surface area contributed by atoms with Gasteiger partial charge >= 0.3 is 0 Å². The minimum Gasteiger partial charge on any atom is -0.360 e. The summed E-state index contributed by atoms with van der Waals surface area (Å²) in [5.41, 5.74) is 9.45. The molecule has 0 radical (unpaired) electrons. The van der Waals surface area contributed by atoms with Gasteiger partial charge in [0.1, 0.15) is 6.17 Å². The first-order valence-electron chi connectivity index (χ1n) is 16.9. The Bertz CT molecular complexity index is 2400. The van der Waals surface area contributed by atoms with Gasteiger partial charge in [-0.05, 0) is 52.1 Å². The number of allylic oxidation sites excluding steroid dienone is 1. The molecule has 2 heterocycles. The first-order valence-corrected chi connectivity index (χ1v) is 16.9. The fourth-order valence-corrected chi connectivity index (χ4v) is 6.89. The topological polar surface area (TPSA) is 50.2 Å². The number of rotatable bonds is 6. The average Bonchev–Trinajstić information content (AvgIpc) is 3.43. The number of hydrogen-bond acceptors (Lipinski definition) is 4. The van der Waals surface area contributed by atoms with Gasteiger partial charge in [-0.25, -0.2) is 9.97 Å². The summed E-state index contributed by atoms with van der Waals surface area (Å²) >= 11 is 0. The highest BCUT2D eigenvalue weighted by atomic mass is 19.3. The molecule has 7 aromatic rings. The number of aromatic nitrogens is 2. The lowest BCUT2D eigenvalue weighted by molar-refractivity contribution is 0.0480. The zero-order valence-corrected chi connectivity index (χ0v) is 27.3. The molecule has 0 fully saturated rings. The van der Waals surface area contributed by atoms with Crippen LogP contribution in [0.2, 0.25) is 0 Å². The van der Waals surface area contributed by atoms with E-state index in [-0.39, 0.29) is 11.1 Å². The van der Waals surface area contributed by atoms with Crippen molar-refractivity contribution in [2.24, 2.45) is 4.99 Å². The largest absolute Gasteiger partial charge is 0.360 e. The zero-order valence-electron chi connectivity index (χ0n) is 27.3. The summed E-state index contributed by atoms with van der Waals surface area (Å²) in [5, 5.41) is 3.57. The molecule has 1 atom stereocenters. The van der Waals surface area contributed by atoms with E-state index in [1.807, 2.05) is 140 Å². The third-order valence-electron chi connectivity index (χ3n) is 9.46. The Labute approximate surface area is 294 Å². The van der Waals surface area contributed by atoms with Crippen LogP contribution in [0.25, 0.3) is 50.7 Å². The van der Waals surface area contributed by atoms with E-state index >= 15 is 8.78 Å². The van der Waals surface area contributed by atoms with Crippen molar-refractivity contribution in [2.75, 3.05) is 0 Å². The van der Waals surface area contributed by atoms with Gasteiger partial charge in [0.15, 0.2) is 5.82 Å². The highest BCUT2D eigenvalue weighted by molar-refractivity contribution is 6.13. The van der Waals surface area contributed by atoms with Crippen molar-refractivity contribution in [3.63, 3.8) is 0 Å². The van der Waals surface area contributed by atoms with E-state index in [0.717, 1.165) is 50.6 Å². The SMILES string of the molecule is FC1(F)c2ccc(-c3nc(-c4ccccc4)cc(-c4ccccc4)n3)cc2-c2cc(C3N=C(c4ccccc4)C=C(c4ccccc4)N3)ccc21. The van der Waals surface area contributed by atoms with Crippen LogP contribution in [-0.2, 0) is 5.92 Å². The average molecular weight is 665 g/mol. The van der Waals surface area contributed by atoms with Crippen molar-refractivity contribution >= 4 is 11.4 Å². The highest BCUT2D eigenvalue weighted by Crippen LogP contribution is 2.52. The molecule has 0 amide bonds. The van der Waals surface area contributed by atoms with E-state index in [1.165, 1.54) is 6.07 Å². The maximum Gasteiger partial charge on any atom is 0.299 e. The molecule has 6 heteroatoms. The monoisotopic (exact) mass is 664 g/mol. The lowest BCUT2D eigenvalue weighted by atomic mass is 9.98. The Balaban J connectivity index is 1.15. The first-order chi connectivity index (χ1) is 25.0. The quantitative estimate of drug-likeness (QED) is 0.192. The Hall–Kier alpha value is -6.53. The normalized spacial score (nSPS) is 15.6. The molecule has 0 saturated carbocycles. The number of aliphatic imine (C=N–C) groups is 1. The van der Waals surface area contributed by atoms with E-state index in [2.05, 4.69) is 5.32 Å². The molecule has 0 bridgehead atoms. The second kappa shape index (κ2) is 12.4. The predicted molar refractivity (Wildman–Crippen MR) is 200 cm³/mol. The minimum absolute atomic E-state index is 0.0239. The van der Waals surface area contributed by atoms with Gasteiger partial charge in [-0.1, -0.05) is 146 Å². The standard InChI is InChI=1S/C45H30F2N4/c46-45(47)37-23-21-33(43-48-39(29-13-5-1-6-14-29)27-40(49-43)30-15-7-2-8-16-30)25-35(37)36-26-34(22-24-38(36)45)44-50-41(31-17-9-3-10-18-31)28-42(51-44)32-19-11-4-12-20-32/h1-28,43,48H. The van der Waals surface area contributed by atoms with E-state index in [4.69, 9.17) is 15.0 Å². The molecular weight excluding hydrogens is 635 g/mol. The maximum atomic E-state index is 16.1. The number of fused-ring (bicyclic) bond motifs is 3. The summed E-state index contributed by atoms with van der Waals surface area (Å²) in [5.74, 6) is -2.69. The minimum atomic E-state index is -3.16. The van der Waals surface area contributed by atoms with Crippen LogP contribution in [0.3, 0.4) is 0 Å². The van der Waals surface area contributed by atoms with Crippen LogP contribution in [-0.4, -0.2) is 15.7 Å². The lowest BCUT2D eigenvalue weighted by Gasteiger charge is -2.25. The van der Waals surface area contributed by atoms with Crippen LogP contribution in [0.5, 0.6) is 0 Å². The number of benzene rings is 6. The van der Waals surface area contributed by atoms with E-state index in [9.17, 15) is 0 Å². The molecular formula is C45H30F2N4. The van der Waals surface area contributed by atoms with Gasteiger partial charge in [0.05, 0.1) is 17.1 Å². The molecule has 51 heavy (non-hydrogen) atoms. The van der Waals surface area contributed by atoms with Gasteiger partial charge in [0.2, 0.25) is 0 Å². The Morgan fingerprint density at radius 3 is 1.59 bits per heavy atom. The van der Waals surface area contributed by atoms with Gasteiger partial charge in [0, 0.05) is 33.5 Å². The van der Waals surface area contributed by atoms with Crippen LogP contribution in [0.1, 0.15) is 34.0 Å². The smallest absolute Gasteiger partial charge is 0.299 e. The molecule has 244 valence electrons. The van der Waals surface area contributed by atoms with Crippen molar-refractivity contribution in [3.05, 3.63) is 198 Å². The summed E-state index contributed by atoms with van der Waals surface area (Å²) in [4.78, 5) is 15.0. The molecule has 1 aliphatic carbocycles. The molecule has 1 unspecified atom stereocenters. The van der Waals surface area contributed by atoms with Crippen molar-refractivity contribution in [1.29, 1.82) is 0 Å². The molecule has 0 saturated heterocycles. The number of nitrogens with zero attached hydrogens (tertiary/aromatic N) is 3. The van der Waals surface area contributed by atoms with Crippen LogP contribution in [0.15, 0.2) is 175 Å². The summed E-state index contributed by atoms with van der Waals surface area (Å²) < 4.78 is 32.2. The van der Waals surface area contributed by atoms with Crippen molar-refractivity contribution < 1.29 is 8.78 Å². The number of halogens is 2. The summed E-state index contributed by atoms with van der Waals surface area (Å²) in [6.07, 6.45) is 1.54. The molecule has 1 aliphatic heterocycles. The fraction of sp³-hybridized carbons (Fsp3) is 0.0444. The van der Waals surface area contributed by atoms with Crippen LogP contribution < -0.4 is 5.32 Å². The summed E-state index contributed by atoms with van der Waals surface area (Å²) in [7, 11) is 0. The van der Waals surface area contributed by atoms with Crippen molar-refractivity contribution in [2.45, 2.75) is 12.1 Å². The Kier molecular flexibility index (Phi) is 7.43. The summed E-state index contributed by atoms with van der Waals surface area (Å²) in [6, 6.07) is 52.0. The number of nitrogens with one attached hydrogen (secondary N) is 1. The Morgan fingerprint density at radius 1 is 0.490 bits per heavy atom. The molecule has 9 rings (SSSR count). The number of hydrogen-bond donors (Lipinski definition) is 1. The predicted octanol–water partition coefficient (Wildman–Crippen LogP) is 10.7. The first kappa shape index (κ1) is 30.5. The van der Waals surface area contributed by atoms with Gasteiger partial charge < -0.3 is 5.32 Å². The van der Waals surface area contributed by atoms with Gasteiger partial charge in [-0.3, -0.25) is 4.99 Å².